The minimum atomic E-state index is -0.964. The van der Waals surface area contributed by atoms with Gasteiger partial charge in [0.1, 0.15) is 5.60 Å². The van der Waals surface area contributed by atoms with Crippen molar-refractivity contribution in [2.75, 3.05) is 6.54 Å². The average molecular weight is 349 g/mol. The van der Waals surface area contributed by atoms with E-state index in [1.54, 1.807) is 10.9 Å². The van der Waals surface area contributed by atoms with Gasteiger partial charge in [0.15, 0.2) is 0 Å². The van der Waals surface area contributed by atoms with Gasteiger partial charge in [0.2, 0.25) is 0 Å². The lowest BCUT2D eigenvalue weighted by atomic mass is 9.95. The Morgan fingerprint density at radius 3 is 2.35 bits per heavy atom. The maximum Gasteiger partial charge on any atom is 0.102 e. The molecule has 0 aliphatic carbocycles. The molecule has 26 heavy (non-hydrogen) atoms. The fourth-order valence-electron chi connectivity index (χ4n) is 3.15. The molecule has 3 aromatic rings. The van der Waals surface area contributed by atoms with Crippen molar-refractivity contribution in [1.82, 2.24) is 15.1 Å². The van der Waals surface area contributed by atoms with E-state index in [1.165, 1.54) is 11.1 Å². The first kappa shape index (κ1) is 18.4. The van der Waals surface area contributed by atoms with E-state index >= 15 is 0 Å². The van der Waals surface area contributed by atoms with Gasteiger partial charge in [-0.1, -0.05) is 60.7 Å². The molecule has 2 aromatic carbocycles. The topological polar surface area (TPSA) is 50.1 Å². The fourth-order valence-corrected chi connectivity index (χ4v) is 3.15. The van der Waals surface area contributed by atoms with Crippen molar-refractivity contribution in [2.45, 2.75) is 31.4 Å². The van der Waals surface area contributed by atoms with Crippen LogP contribution in [0.25, 0.3) is 0 Å². The molecule has 4 nitrogen and oxygen atoms in total. The Hall–Kier alpha value is -2.43. The van der Waals surface area contributed by atoms with Crippen molar-refractivity contribution < 1.29 is 5.11 Å². The molecule has 0 amide bonds. The second-order valence-electron chi connectivity index (χ2n) is 7.04. The van der Waals surface area contributed by atoms with Crippen molar-refractivity contribution >= 4 is 0 Å². The van der Waals surface area contributed by atoms with Crippen LogP contribution < -0.4 is 5.32 Å². The number of aliphatic hydroxyl groups is 1. The summed E-state index contributed by atoms with van der Waals surface area (Å²) in [5.41, 5.74) is 2.43. The van der Waals surface area contributed by atoms with Gasteiger partial charge in [0.05, 0.1) is 6.20 Å². The van der Waals surface area contributed by atoms with Crippen LogP contribution in [0.5, 0.6) is 0 Å². The van der Waals surface area contributed by atoms with E-state index in [2.05, 4.69) is 58.9 Å². The van der Waals surface area contributed by atoms with Crippen LogP contribution in [-0.2, 0) is 19.1 Å². The minimum absolute atomic E-state index is 0.180. The van der Waals surface area contributed by atoms with Gasteiger partial charge in [-0.15, -0.1) is 0 Å². The highest BCUT2D eigenvalue weighted by Crippen LogP contribution is 2.23. The molecule has 0 aliphatic rings. The number of hydrogen-bond acceptors (Lipinski definition) is 3. The Morgan fingerprint density at radius 1 is 1.08 bits per heavy atom. The molecule has 136 valence electrons. The molecule has 2 atom stereocenters. The van der Waals surface area contributed by atoms with Crippen molar-refractivity contribution in [3.8, 4) is 0 Å². The lowest BCUT2D eigenvalue weighted by Gasteiger charge is -2.27. The van der Waals surface area contributed by atoms with Gasteiger partial charge in [-0.2, -0.15) is 5.10 Å². The van der Waals surface area contributed by atoms with Crippen LogP contribution in [0.4, 0.5) is 0 Å². The van der Waals surface area contributed by atoms with Gasteiger partial charge in [-0.05, 0) is 30.9 Å². The molecule has 0 aliphatic heterocycles. The maximum atomic E-state index is 10.9. The van der Waals surface area contributed by atoms with E-state index in [-0.39, 0.29) is 6.04 Å². The number of rotatable bonds is 8. The molecule has 0 saturated heterocycles. The first-order valence-corrected chi connectivity index (χ1v) is 9.08. The molecule has 1 heterocycles. The smallest absolute Gasteiger partial charge is 0.102 e. The largest absolute Gasteiger partial charge is 0.384 e. The Kier molecular flexibility index (Phi) is 5.86. The molecule has 0 bridgehead atoms. The third kappa shape index (κ3) is 4.81. The summed E-state index contributed by atoms with van der Waals surface area (Å²) in [6, 6.07) is 21.1. The Morgan fingerprint density at radius 2 is 1.73 bits per heavy atom. The lowest BCUT2D eigenvalue weighted by molar-refractivity contribution is 0.0533. The second kappa shape index (κ2) is 8.30. The van der Waals surface area contributed by atoms with Crippen LogP contribution in [0, 0.1) is 0 Å². The van der Waals surface area contributed by atoms with Crippen LogP contribution in [-0.4, -0.2) is 21.4 Å². The van der Waals surface area contributed by atoms with E-state index in [9.17, 15) is 5.11 Å². The van der Waals surface area contributed by atoms with Gasteiger partial charge >= 0.3 is 0 Å². The zero-order valence-electron chi connectivity index (χ0n) is 15.5. The van der Waals surface area contributed by atoms with Gasteiger partial charge in [0, 0.05) is 31.4 Å². The SMILES string of the molecule is Cn1cc(C(C)(O)CNC(CCc2ccccc2)c2ccccc2)cn1. The third-order valence-corrected chi connectivity index (χ3v) is 4.79. The summed E-state index contributed by atoms with van der Waals surface area (Å²) in [4.78, 5) is 0. The second-order valence-corrected chi connectivity index (χ2v) is 7.04. The standard InChI is InChI=1S/C22H27N3O/c1-22(26,20-15-24-25(2)16-20)17-23-21(19-11-7-4-8-12-19)14-13-18-9-5-3-6-10-18/h3-12,15-16,21,23,26H,13-14,17H2,1-2H3. The van der Waals surface area contributed by atoms with Gasteiger partial charge in [-0.3, -0.25) is 4.68 Å². The molecule has 0 spiro atoms. The first-order valence-electron chi connectivity index (χ1n) is 9.08. The summed E-state index contributed by atoms with van der Waals surface area (Å²) in [6.07, 6.45) is 5.55. The van der Waals surface area contributed by atoms with Crippen LogP contribution in [0.1, 0.15) is 36.1 Å². The van der Waals surface area contributed by atoms with E-state index in [0.717, 1.165) is 18.4 Å². The van der Waals surface area contributed by atoms with Crippen molar-refractivity contribution in [3.05, 3.63) is 89.7 Å². The monoisotopic (exact) mass is 349 g/mol. The van der Waals surface area contributed by atoms with E-state index in [1.807, 2.05) is 32.3 Å². The molecule has 4 heteroatoms. The van der Waals surface area contributed by atoms with E-state index in [4.69, 9.17) is 0 Å². The summed E-state index contributed by atoms with van der Waals surface area (Å²) in [7, 11) is 1.86. The van der Waals surface area contributed by atoms with Crippen LogP contribution in [0.3, 0.4) is 0 Å². The van der Waals surface area contributed by atoms with Gasteiger partial charge < -0.3 is 10.4 Å². The molecule has 2 N–H and O–H groups in total. The summed E-state index contributed by atoms with van der Waals surface area (Å²) in [5, 5.41) is 18.6. The minimum Gasteiger partial charge on any atom is -0.384 e. The van der Waals surface area contributed by atoms with E-state index < -0.39 is 5.60 Å². The highest BCUT2D eigenvalue weighted by Gasteiger charge is 2.26. The number of nitrogens with one attached hydrogen (secondary N) is 1. The van der Waals surface area contributed by atoms with E-state index in [0.29, 0.717) is 6.54 Å². The number of benzene rings is 2. The molecule has 0 saturated carbocycles. The lowest BCUT2D eigenvalue weighted by Crippen LogP contribution is -2.37. The Labute approximate surface area is 155 Å². The van der Waals surface area contributed by atoms with Crippen LogP contribution >= 0.6 is 0 Å². The van der Waals surface area contributed by atoms with Gasteiger partial charge in [-0.25, -0.2) is 0 Å². The zero-order valence-corrected chi connectivity index (χ0v) is 15.5. The van der Waals surface area contributed by atoms with Crippen molar-refractivity contribution in [2.24, 2.45) is 7.05 Å². The Balaban J connectivity index is 1.69. The van der Waals surface area contributed by atoms with Crippen molar-refractivity contribution in [1.29, 1.82) is 0 Å². The Bertz CT molecular complexity index is 797. The summed E-state index contributed by atoms with van der Waals surface area (Å²) in [5.74, 6) is 0. The van der Waals surface area contributed by atoms with Crippen LogP contribution in [0.15, 0.2) is 73.1 Å². The van der Waals surface area contributed by atoms with Crippen molar-refractivity contribution in [3.63, 3.8) is 0 Å². The summed E-state index contributed by atoms with van der Waals surface area (Å²) in [6.45, 7) is 2.29. The summed E-state index contributed by atoms with van der Waals surface area (Å²) >= 11 is 0. The quantitative estimate of drug-likeness (QED) is 0.653. The number of aryl methyl sites for hydroxylation is 2. The summed E-state index contributed by atoms with van der Waals surface area (Å²) < 4.78 is 1.72. The predicted molar refractivity (Wildman–Crippen MR) is 105 cm³/mol. The highest BCUT2D eigenvalue weighted by atomic mass is 16.3. The number of hydrogen-bond donors (Lipinski definition) is 2. The third-order valence-electron chi connectivity index (χ3n) is 4.79. The molecule has 0 radical (unpaired) electrons. The van der Waals surface area contributed by atoms with Gasteiger partial charge in [0.25, 0.3) is 0 Å². The average Bonchev–Trinajstić information content (AvgIpc) is 3.11. The maximum absolute atomic E-state index is 10.9. The highest BCUT2D eigenvalue weighted by molar-refractivity contribution is 5.21. The molecule has 2 unspecified atom stereocenters. The predicted octanol–water partition coefficient (Wildman–Crippen LogP) is 3.59. The normalized spacial score (nSPS) is 14.7. The molecule has 1 aromatic heterocycles. The molecule has 3 rings (SSSR count). The number of nitrogens with zero attached hydrogens (tertiary/aromatic N) is 2. The van der Waals surface area contributed by atoms with Crippen LogP contribution in [0.2, 0.25) is 0 Å². The molecule has 0 fully saturated rings. The fraction of sp³-hybridized carbons (Fsp3) is 0.318. The number of aromatic nitrogens is 2. The molecular formula is C22H27N3O. The first-order chi connectivity index (χ1) is 12.5. The molecular weight excluding hydrogens is 322 g/mol. The zero-order chi connectivity index (χ0) is 18.4.